The van der Waals surface area contributed by atoms with Crippen LogP contribution in [0.4, 0.5) is 0 Å². The summed E-state index contributed by atoms with van der Waals surface area (Å²) in [5.74, 6) is 0. The Labute approximate surface area is 94.0 Å². The Morgan fingerprint density at radius 3 is 2.67 bits per heavy atom. The van der Waals surface area contributed by atoms with Crippen LogP contribution < -0.4 is 5.73 Å². The van der Waals surface area contributed by atoms with E-state index < -0.39 is 0 Å². The van der Waals surface area contributed by atoms with Gasteiger partial charge in [0.15, 0.2) is 0 Å². The zero-order valence-corrected chi connectivity index (χ0v) is 10.4. The van der Waals surface area contributed by atoms with Crippen LogP contribution in [0.15, 0.2) is 0 Å². The number of piperazine rings is 1. The van der Waals surface area contributed by atoms with E-state index in [1.54, 1.807) is 0 Å². The maximum atomic E-state index is 5.57. The number of hydrogen-bond donors (Lipinski definition) is 1. The van der Waals surface area contributed by atoms with E-state index in [-0.39, 0.29) is 0 Å². The molecule has 1 saturated heterocycles. The minimum atomic E-state index is 0.672. The van der Waals surface area contributed by atoms with E-state index in [1.165, 1.54) is 19.6 Å². The minimum Gasteiger partial charge on any atom is -0.330 e. The Balaban J connectivity index is 2.42. The van der Waals surface area contributed by atoms with Crippen LogP contribution in [0.3, 0.4) is 0 Å². The Bertz CT molecular complexity index is 168. The number of rotatable bonds is 5. The largest absolute Gasteiger partial charge is 0.330 e. The van der Waals surface area contributed by atoms with Crippen molar-refractivity contribution in [2.75, 3.05) is 60.4 Å². The van der Waals surface area contributed by atoms with Crippen LogP contribution in [0.1, 0.15) is 6.42 Å². The molecule has 0 aromatic heterocycles. The molecule has 90 valence electrons. The number of hydrogen-bond acceptors (Lipinski definition) is 4. The highest BCUT2D eigenvalue weighted by molar-refractivity contribution is 4.82. The van der Waals surface area contributed by atoms with E-state index in [9.17, 15) is 0 Å². The SMILES string of the molecule is CN(C)CC1CN(C)CCN1CCCN. The highest BCUT2D eigenvalue weighted by Crippen LogP contribution is 2.09. The summed E-state index contributed by atoms with van der Waals surface area (Å²) in [5, 5.41) is 0. The van der Waals surface area contributed by atoms with E-state index in [2.05, 4.69) is 35.8 Å². The van der Waals surface area contributed by atoms with Crippen molar-refractivity contribution >= 4 is 0 Å². The molecule has 1 unspecified atom stereocenters. The van der Waals surface area contributed by atoms with Crippen LogP contribution >= 0.6 is 0 Å². The standard InChI is InChI=1S/C11H26N4/c1-13(2)9-11-10-14(3)7-8-15(11)6-4-5-12/h11H,4-10,12H2,1-3H3. The first-order valence-electron chi connectivity index (χ1n) is 5.91. The second kappa shape index (κ2) is 6.43. The maximum absolute atomic E-state index is 5.57. The molecule has 0 aromatic rings. The third-order valence-corrected chi connectivity index (χ3v) is 3.03. The summed E-state index contributed by atoms with van der Waals surface area (Å²) in [6.07, 6.45) is 1.12. The van der Waals surface area contributed by atoms with Crippen LogP contribution in [0.25, 0.3) is 0 Å². The second-order valence-corrected chi connectivity index (χ2v) is 4.86. The van der Waals surface area contributed by atoms with Gasteiger partial charge in [-0.1, -0.05) is 0 Å². The lowest BCUT2D eigenvalue weighted by atomic mass is 10.1. The first-order chi connectivity index (χ1) is 7.13. The Kier molecular flexibility index (Phi) is 5.53. The molecule has 0 amide bonds. The van der Waals surface area contributed by atoms with E-state index in [1.807, 2.05) is 0 Å². The topological polar surface area (TPSA) is 35.7 Å². The molecule has 0 aromatic carbocycles. The van der Waals surface area contributed by atoms with Gasteiger partial charge in [-0.2, -0.15) is 0 Å². The number of likely N-dealkylation sites (N-methyl/N-ethyl adjacent to an activating group) is 2. The predicted octanol–water partition coefficient (Wildman–Crippen LogP) is -0.487. The summed E-state index contributed by atoms with van der Waals surface area (Å²) in [7, 11) is 6.51. The molecule has 1 rings (SSSR count). The molecule has 4 heteroatoms. The highest BCUT2D eigenvalue weighted by atomic mass is 15.3. The van der Waals surface area contributed by atoms with Crippen molar-refractivity contribution in [3.05, 3.63) is 0 Å². The molecule has 4 nitrogen and oxygen atoms in total. The maximum Gasteiger partial charge on any atom is 0.0350 e. The summed E-state index contributed by atoms with van der Waals surface area (Å²) in [6, 6.07) is 0.672. The van der Waals surface area contributed by atoms with Gasteiger partial charge in [-0.05, 0) is 40.7 Å². The van der Waals surface area contributed by atoms with Gasteiger partial charge >= 0.3 is 0 Å². The Morgan fingerprint density at radius 1 is 1.33 bits per heavy atom. The monoisotopic (exact) mass is 214 g/mol. The van der Waals surface area contributed by atoms with Crippen LogP contribution in [0.2, 0.25) is 0 Å². The van der Waals surface area contributed by atoms with E-state index in [0.717, 1.165) is 26.1 Å². The first kappa shape index (κ1) is 12.9. The van der Waals surface area contributed by atoms with E-state index in [0.29, 0.717) is 6.04 Å². The molecule has 0 radical (unpaired) electrons. The van der Waals surface area contributed by atoms with Crippen LogP contribution in [0.5, 0.6) is 0 Å². The number of nitrogens with two attached hydrogens (primary N) is 1. The van der Waals surface area contributed by atoms with Crippen molar-refractivity contribution in [3.8, 4) is 0 Å². The fourth-order valence-corrected chi connectivity index (χ4v) is 2.23. The lowest BCUT2D eigenvalue weighted by molar-refractivity contribution is 0.0728. The molecular formula is C11H26N4. The third kappa shape index (κ3) is 4.47. The average molecular weight is 214 g/mol. The van der Waals surface area contributed by atoms with Gasteiger partial charge in [-0.25, -0.2) is 0 Å². The van der Waals surface area contributed by atoms with E-state index in [4.69, 9.17) is 5.73 Å². The molecule has 0 saturated carbocycles. The van der Waals surface area contributed by atoms with Crippen molar-refractivity contribution in [2.45, 2.75) is 12.5 Å². The smallest absolute Gasteiger partial charge is 0.0350 e. The molecule has 2 N–H and O–H groups in total. The van der Waals surface area contributed by atoms with Gasteiger partial charge in [0.05, 0.1) is 0 Å². The summed E-state index contributed by atoms with van der Waals surface area (Å²) in [5.41, 5.74) is 5.57. The van der Waals surface area contributed by atoms with Gasteiger partial charge in [0, 0.05) is 32.2 Å². The van der Waals surface area contributed by atoms with Crippen LogP contribution in [-0.4, -0.2) is 81.2 Å². The molecule has 0 spiro atoms. The van der Waals surface area contributed by atoms with Crippen molar-refractivity contribution in [3.63, 3.8) is 0 Å². The summed E-state index contributed by atoms with van der Waals surface area (Å²) in [6.45, 7) is 6.67. The third-order valence-electron chi connectivity index (χ3n) is 3.03. The summed E-state index contributed by atoms with van der Waals surface area (Å²) < 4.78 is 0. The van der Waals surface area contributed by atoms with Crippen LogP contribution in [-0.2, 0) is 0 Å². The predicted molar refractivity (Wildman–Crippen MR) is 65.1 cm³/mol. The Morgan fingerprint density at radius 2 is 2.07 bits per heavy atom. The molecule has 0 aliphatic carbocycles. The van der Waals surface area contributed by atoms with Crippen molar-refractivity contribution < 1.29 is 0 Å². The van der Waals surface area contributed by atoms with Crippen molar-refractivity contribution in [2.24, 2.45) is 5.73 Å². The zero-order valence-electron chi connectivity index (χ0n) is 10.4. The molecule has 1 aliphatic heterocycles. The number of nitrogens with zero attached hydrogens (tertiary/aromatic N) is 3. The summed E-state index contributed by atoms with van der Waals surface area (Å²) >= 11 is 0. The van der Waals surface area contributed by atoms with Gasteiger partial charge in [0.2, 0.25) is 0 Å². The fourth-order valence-electron chi connectivity index (χ4n) is 2.23. The lowest BCUT2D eigenvalue weighted by Crippen LogP contribution is -2.55. The van der Waals surface area contributed by atoms with Crippen molar-refractivity contribution in [1.29, 1.82) is 0 Å². The molecule has 1 fully saturated rings. The van der Waals surface area contributed by atoms with Gasteiger partial charge in [0.25, 0.3) is 0 Å². The van der Waals surface area contributed by atoms with Crippen molar-refractivity contribution in [1.82, 2.24) is 14.7 Å². The summed E-state index contributed by atoms with van der Waals surface area (Å²) in [4.78, 5) is 7.29. The molecular weight excluding hydrogens is 188 g/mol. The highest BCUT2D eigenvalue weighted by Gasteiger charge is 2.24. The Hall–Kier alpha value is -0.160. The second-order valence-electron chi connectivity index (χ2n) is 4.86. The van der Waals surface area contributed by atoms with Gasteiger partial charge in [-0.15, -0.1) is 0 Å². The molecule has 15 heavy (non-hydrogen) atoms. The van der Waals surface area contributed by atoms with Gasteiger partial charge in [-0.3, -0.25) is 4.90 Å². The normalized spacial score (nSPS) is 25.0. The molecule has 0 bridgehead atoms. The minimum absolute atomic E-state index is 0.672. The average Bonchev–Trinajstić information content (AvgIpc) is 2.16. The molecule has 1 aliphatic rings. The van der Waals surface area contributed by atoms with Gasteiger partial charge < -0.3 is 15.5 Å². The van der Waals surface area contributed by atoms with Crippen LogP contribution in [0, 0.1) is 0 Å². The zero-order chi connectivity index (χ0) is 11.3. The van der Waals surface area contributed by atoms with E-state index >= 15 is 0 Å². The lowest BCUT2D eigenvalue weighted by Gasteiger charge is -2.41. The molecule has 1 atom stereocenters. The quantitative estimate of drug-likeness (QED) is 0.670. The van der Waals surface area contributed by atoms with Gasteiger partial charge in [0.1, 0.15) is 0 Å². The first-order valence-corrected chi connectivity index (χ1v) is 5.91. The molecule has 1 heterocycles. The fraction of sp³-hybridized carbons (Fsp3) is 1.00.